The van der Waals surface area contributed by atoms with Crippen molar-refractivity contribution in [3.8, 4) is 5.19 Å². The van der Waals surface area contributed by atoms with Crippen LogP contribution in [0.1, 0.15) is 12.5 Å². The number of para-hydroxylation sites is 1. The second-order valence-electron chi connectivity index (χ2n) is 6.06. The van der Waals surface area contributed by atoms with E-state index in [0.29, 0.717) is 24.0 Å². The van der Waals surface area contributed by atoms with E-state index in [-0.39, 0.29) is 11.8 Å². The van der Waals surface area contributed by atoms with Crippen LogP contribution in [-0.2, 0) is 4.74 Å². The molecule has 2 heterocycles. The third-order valence-corrected chi connectivity index (χ3v) is 4.94. The number of hydrogen-bond acceptors (Lipinski definition) is 8. The predicted molar refractivity (Wildman–Crippen MR) is 98.8 cm³/mol. The van der Waals surface area contributed by atoms with Crippen LogP contribution >= 0.6 is 11.3 Å². The number of aryl methyl sites for hydroxylation is 1. The molecule has 0 bridgehead atoms. The van der Waals surface area contributed by atoms with Gasteiger partial charge in [-0.25, -0.2) is 9.69 Å². The van der Waals surface area contributed by atoms with E-state index in [0.717, 1.165) is 16.9 Å². The Hall–Kier alpha value is -2.27. The van der Waals surface area contributed by atoms with E-state index < -0.39 is 17.0 Å². The van der Waals surface area contributed by atoms with E-state index in [1.54, 1.807) is 18.0 Å². The molecule has 9 nitrogen and oxygen atoms in total. The van der Waals surface area contributed by atoms with Crippen LogP contribution in [-0.4, -0.2) is 54.3 Å². The van der Waals surface area contributed by atoms with Crippen LogP contribution in [0.2, 0.25) is 0 Å². The molecule has 1 N–H and O–H groups in total. The van der Waals surface area contributed by atoms with E-state index in [1.807, 2.05) is 32.0 Å². The Morgan fingerprint density at radius 2 is 2.23 bits per heavy atom. The van der Waals surface area contributed by atoms with Crippen LogP contribution in [0.3, 0.4) is 0 Å². The molecule has 1 amide bonds. The molecule has 0 radical (unpaired) electrons. The summed E-state index contributed by atoms with van der Waals surface area (Å²) in [6, 6.07) is 7.35. The van der Waals surface area contributed by atoms with E-state index in [1.165, 1.54) is 0 Å². The van der Waals surface area contributed by atoms with Gasteiger partial charge in [0.25, 0.3) is 11.4 Å². The number of carbonyl (C=O) groups excluding carboxylic acids is 1. The van der Waals surface area contributed by atoms with Gasteiger partial charge in [0.15, 0.2) is 0 Å². The van der Waals surface area contributed by atoms with Crippen molar-refractivity contribution in [3.05, 3.63) is 35.0 Å². The quantitative estimate of drug-likeness (QED) is 0.629. The molecule has 0 spiro atoms. The smallest absolute Gasteiger partial charge is 0.416 e. The lowest BCUT2D eigenvalue weighted by Crippen LogP contribution is -2.51. The second kappa shape index (κ2) is 7.54. The summed E-state index contributed by atoms with van der Waals surface area (Å²) < 4.78 is 9.83. The number of benzene rings is 1. The number of likely N-dealkylation sites (N-methyl/N-ethyl adjacent to an activating group) is 1. The lowest BCUT2D eigenvalue weighted by molar-refractivity contribution is 0.0553. The molecule has 2 unspecified atom stereocenters. The van der Waals surface area contributed by atoms with E-state index in [2.05, 4.69) is 15.5 Å². The number of hydroxylamine groups is 2. The minimum Gasteiger partial charge on any atom is -0.622 e. The van der Waals surface area contributed by atoms with Crippen molar-refractivity contribution in [2.75, 3.05) is 32.2 Å². The molecule has 1 aliphatic heterocycles. The zero-order valence-corrected chi connectivity index (χ0v) is 15.7. The number of quaternary nitrogens is 1. The van der Waals surface area contributed by atoms with Crippen molar-refractivity contribution >= 4 is 28.2 Å². The molecular weight excluding hydrogens is 358 g/mol. The highest BCUT2D eigenvalue weighted by molar-refractivity contribution is 7.16. The van der Waals surface area contributed by atoms with Crippen LogP contribution in [0.4, 0.5) is 15.6 Å². The third-order valence-electron chi connectivity index (χ3n) is 4.00. The van der Waals surface area contributed by atoms with Crippen molar-refractivity contribution < 1.29 is 14.3 Å². The van der Waals surface area contributed by atoms with E-state index in [4.69, 9.17) is 9.47 Å². The highest BCUT2D eigenvalue weighted by atomic mass is 32.1. The summed E-state index contributed by atoms with van der Waals surface area (Å²) in [5, 5.41) is 24.4. The fourth-order valence-corrected chi connectivity index (χ4v) is 3.55. The Morgan fingerprint density at radius 3 is 2.96 bits per heavy atom. The number of amides is 1. The van der Waals surface area contributed by atoms with Gasteiger partial charge in [0, 0.05) is 17.0 Å². The predicted octanol–water partition coefficient (Wildman–Crippen LogP) is 2.53. The average molecular weight is 379 g/mol. The number of nitrogens with one attached hydrogen (secondary N) is 1. The molecule has 26 heavy (non-hydrogen) atoms. The molecular formula is C16H21N5O4S. The molecule has 0 saturated carbocycles. The number of ether oxygens (including phenoxy) is 2. The van der Waals surface area contributed by atoms with Crippen molar-refractivity contribution in [2.45, 2.75) is 20.1 Å². The molecule has 0 aliphatic carbocycles. The van der Waals surface area contributed by atoms with Crippen LogP contribution in [0.25, 0.3) is 0 Å². The summed E-state index contributed by atoms with van der Waals surface area (Å²) in [5.74, 6) is 0. The fourth-order valence-electron chi connectivity index (χ4n) is 2.73. The molecule has 1 aromatic heterocycles. The molecule has 1 saturated heterocycles. The first-order valence-electron chi connectivity index (χ1n) is 8.20. The van der Waals surface area contributed by atoms with Gasteiger partial charge in [0.1, 0.15) is 6.67 Å². The van der Waals surface area contributed by atoms with Crippen LogP contribution in [0.5, 0.6) is 5.19 Å². The van der Waals surface area contributed by atoms with Gasteiger partial charge in [-0.1, -0.05) is 28.4 Å². The fraction of sp³-hybridized carbons (Fsp3) is 0.438. The summed E-state index contributed by atoms with van der Waals surface area (Å²) in [5.41, 5.74) is 1.55. The van der Waals surface area contributed by atoms with Crippen molar-refractivity contribution in [1.29, 1.82) is 0 Å². The minimum absolute atomic E-state index is 0.114. The molecule has 1 fully saturated rings. The van der Waals surface area contributed by atoms with Crippen molar-refractivity contribution in [3.63, 3.8) is 0 Å². The SMILES string of the molecule is CCOc1nnc([N+]2([O-])CN(C)CC2OC(=O)Nc2ccccc2C)s1. The third kappa shape index (κ3) is 3.78. The normalized spacial score (nSPS) is 23.0. The Morgan fingerprint density at radius 1 is 1.46 bits per heavy atom. The molecule has 140 valence electrons. The average Bonchev–Trinajstić information content (AvgIpc) is 3.16. The van der Waals surface area contributed by atoms with Gasteiger partial charge in [-0.2, -0.15) is 0 Å². The van der Waals surface area contributed by atoms with Gasteiger partial charge in [-0.15, -0.1) is 0 Å². The number of rotatable bonds is 5. The van der Waals surface area contributed by atoms with Gasteiger partial charge < -0.3 is 14.7 Å². The molecule has 2 aromatic rings. The molecule has 10 heteroatoms. The van der Waals surface area contributed by atoms with Gasteiger partial charge in [0.05, 0.1) is 13.2 Å². The Bertz CT molecular complexity index is 786. The lowest BCUT2D eigenvalue weighted by atomic mass is 10.2. The van der Waals surface area contributed by atoms with Crippen LogP contribution in [0.15, 0.2) is 24.3 Å². The summed E-state index contributed by atoms with van der Waals surface area (Å²) in [4.78, 5) is 14.1. The van der Waals surface area contributed by atoms with Crippen molar-refractivity contribution in [2.24, 2.45) is 0 Å². The zero-order valence-electron chi connectivity index (χ0n) is 14.8. The number of aromatic nitrogens is 2. The largest absolute Gasteiger partial charge is 0.622 e. The number of anilines is 1. The Labute approximate surface area is 155 Å². The highest BCUT2D eigenvalue weighted by Crippen LogP contribution is 2.36. The minimum atomic E-state index is -0.938. The van der Waals surface area contributed by atoms with Crippen molar-refractivity contribution in [1.82, 2.24) is 19.7 Å². The zero-order chi connectivity index (χ0) is 18.7. The summed E-state index contributed by atoms with van der Waals surface area (Å²) >= 11 is 1.07. The van der Waals surface area contributed by atoms with Crippen LogP contribution < -0.4 is 14.7 Å². The number of hydrogen-bond donors (Lipinski definition) is 1. The summed E-state index contributed by atoms with van der Waals surface area (Å²) in [7, 11) is 1.79. The number of carbonyl (C=O) groups is 1. The summed E-state index contributed by atoms with van der Waals surface area (Å²) in [6.45, 7) is 4.56. The van der Waals surface area contributed by atoms with E-state index in [9.17, 15) is 10.0 Å². The standard InChI is InChI=1S/C16H21N5O4S/c1-4-24-16-19-18-14(26-16)21(23)10-20(3)9-13(21)25-15(22)17-12-8-6-5-7-11(12)2/h5-8,13H,4,9-10H2,1-3H3,(H,17,22). The van der Waals surface area contributed by atoms with E-state index >= 15 is 0 Å². The van der Waals surface area contributed by atoms with Gasteiger partial charge in [0.2, 0.25) is 0 Å². The topological polar surface area (TPSA) is 99.6 Å². The molecule has 1 aliphatic rings. The number of nitrogens with zero attached hydrogens (tertiary/aromatic N) is 4. The molecule has 1 aromatic carbocycles. The van der Waals surface area contributed by atoms with Gasteiger partial charge in [-0.3, -0.25) is 9.96 Å². The first-order chi connectivity index (χ1) is 12.4. The highest BCUT2D eigenvalue weighted by Gasteiger charge is 2.45. The maximum Gasteiger partial charge on any atom is 0.416 e. The molecule has 3 rings (SSSR count). The first kappa shape index (κ1) is 18.5. The van der Waals surface area contributed by atoms with Crippen LogP contribution in [0, 0.1) is 12.1 Å². The maximum atomic E-state index is 13.4. The lowest BCUT2D eigenvalue weighted by Gasteiger charge is -2.37. The van der Waals surface area contributed by atoms with Gasteiger partial charge >= 0.3 is 11.2 Å². The maximum absolute atomic E-state index is 13.4. The Kier molecular flexibility index (Phi) is 5.37. The summed E-state index contributed by atoms with van der Waals surface area (Å²) in [6.07, 6.45) is -1.61. The Balaban J connectivity index is 1.74. The molecule has 2 atom stereocenters. The monoisotopic (exact) mass is 379 g/mol. The second-order valence-corrected chi connectivity index (χ2v) is 6.98. The van der Waals surface area contributed by atoms with Gasteiger partial charge in [-0.05, 0) is 32.5 Å². The first-order valence-corrected chi connectivity index (χ1v) is 9.01.